The van der Waals surface area contributed by atoms with Crippen LogP contribution < -0.4 is 14.7 Å². The summed E-state index contributed by atoms with van der Waals surface area (Å²) in [6.45, 7) is 5.40. The first-order valence-electron chi connectivity index (χ1n) is 12.7. The standard InChI is InChI=1S/C31H34N2O4/c1-5-22-11-13-24(14-12-22)28-27(30(35)31(36)33(28)18-17-32(3)4)29(34)25-15-16-26(21(2)19-25)37-20-23-9-7-6-8-10-23/h6-16,19,28,34H,5,17-18,20H2,1-4H3/b29-27+. The fourth-order valence-electron chi connectivity index (χ4n) is 4.57. The van der Waals surface area contributed by atoms with Crippen LogP contribution in [0.2, 0.25) is 0 Å². The van der Waals surface area contributed by atoms with E-state index >= 15 is 0 Å². The van der Waals surface area contributed by atoms with Crippen LogP contribution in [0.3, 0.4) is 0 Å². The van der Waals surface area contributed by atoms with Gasteiger partial charge in [0.2, 0.25) is 5.78 Å². The third-order valence-electron chi connectivity index (χ3n) is 6.76. The summed E-state index contributed by atoms with van der Waals surface area (Å²) in [5, 5.41) is 13.8. The normalized spacial score (nSPS) is 17.0. The summed E-state index contributed by atoms with van der Waals surface area (Å²) in [5.74, 6) is -1.08. The predicted octanol–water partition coefficient (Wildman–Crippen LogP) is 2.50. The Kier molecular flexibility index (Phi) is 8.09. The van der Waals surface area contributed by atoms with E-state index in [1.54, 1.807) is 23.1 Å². The minimum Gasteiger partial charge on any atom is -0.872 e. The van der Waals surface area contributed by atoms with Gasteiger partial charge in [-0.1, -0.05) is 73.3 Å². The number of aryl methyl sites for hydroxylation is 2. The van der Waals surface area contributed by atoms with Gasteiger partial charge >= 0.3 is 0 Å². The zero-order chi connectivity index (χ0) is 26.5. The molecule has 37 heavy (non-hydrogen) atoms. The van der Waals surface area contributed by atoms with E-state index in [1.807, 2.05) is 75.6 Å². The largest absolute Gasteiger partial charge is 0.872 e. The van der Waals surface area contributed by atoms with E-state index in [4.69, 9.17) is 4.74 Å². The number of carbonyl (C=O) groups is 2. The van der Waals surface area contributed by atoms with Crippen molar-refractivity contribution in [2.24, 2.45) is 0 Å². The number of Topliss-reactive ketones (excluding diaryl/α,β-unsaturated/α-hetero) is 1. The second kappa shape index (κ2) is 11.4. The Morgan fingerprint density at radius 2 is 1.68 bits per heavy atom. The summed E-state index contributed by atoms with van der Waals surface area (Å²) in [5.41, 5.74) is 4.14. The van der Waals surface area contributed by atoms with Gasteiger partial charge in [0.1, 0.15) is 12.4 Å². The van der Waals surface area contributed by atoms with Gasteiger partial charge in [-0.05, 0) is 53.3 Å². The molecule has 0 aliphatic carbocycles. The van der Waals surface area contributed by atoms with E-state index in [0.717, 1.165) is 33.6 Å². The highest BCUT2D eigenvalue weighted by molar-refractivity contribution is 6.46. The van der Waals surface area contributed by atoms with Gasteiger partial charge in [-0.2, -0.15) is 0 Å². The third-order valence-corrected chi connectivity index (χ3v) is 6.76. The van der Waals surface area contributed by atoms with E-state index in [1.165, 1.54) is 0 Å². The summed E-state index contributed by atoms with van der Waals surface area (Å²) >= 11 is 0. The lowest BCUT2D eigenvalue weighted by Gasteiger charge is -2.28. The van der Waals surface area contributed by atoms with Crippen molar-refractivity contribution in [2.45, 2.75) is 32.9 Å². The topological polar surface area (TPSA) is 74.1 Å². The second-order valence-corrected chi connectivity index (χ2v) is 9.78. The van der Waals surface area contributed by atoms with Crippen molar-refractivity contribution < 1.29 is 24.3 Å². The number of amides is 1. The summed E-state index contributed by atoms with van der Waals surface area (Å²) < 4.78 is 5.96. The van der Waals surface area contributed by atoms with Crippen LogP contribution in [0.4, 0.5) is 0 Å². The van der Waals surface area contributed by atoms with Crippen molar-refractivity contribution in [1.29, 1.82) is 0 Å². The van der Waals surface area contributed by atoms with Crippen LogP contribution in [-0.2, 0) is 22.6 Å². The molecule has 1 aliphatic rings. The number of carbonyl (C=O) groups excluding carboxylic acids is 2. The Balaban J connectivity index is 1.69. The molecule has 1 fully saturated rings. The minimum atomic E-state index is -0.717. The summed E-state index contributed by atoms with van der Waals surface area (Å²) in [7, 11) is 3.99. The summed E-state index contributed by atoms with van der Waals surface area (Å²) in [6, 6.07) is 22.1. The molecule has 1 N–H and O–H groups in total. The van der Waals surface area contributed by atoms with E-state index in [-0.39, 0.29) is 5.57 Å². The van der Waals surface area contributed by atoms with Crippen molar-refractivity contribution in [3.63, 3.8) is 0 Å². The molecule has 1 aliphatic heterocycles. The zero-order valence-corrected chi connectivity index (χ0v) is 21.9. The van der Waals surface area contributed by atoms with Crippen LogP contribution in [0.1, 0.15) is 40.8 Å². The van der Waals surface area contributed by atoms with Crippen LogP contribution in [0.25, 0.3) is 5.76 Å². The van der Waals surface area contributed by atoms with Crippen LogP contribution in [0.5, 0.6) is 5.75 Å². The molecule has 4 rings (SSSR count). The summed E-state index contributed by atoms with van der Waals surface area (Å²) in [4.78, 5) is 29.0. The molecule has 1 saturated heterocycles. The summed E-state index contributed by atoms with van der Waals surface area (Å²) in [6.07, 6.45) is 0.879. The number of nitrogens with zero attached hydrogens (tertiary/aromatic N) is 1. The van der Waals surface area contributed by atoms with E-state index in [2.05, 4.69) is 6.92 Å². The lowest BCUT2D eigenvalue weighted by molar-refractivity contribution is -0.857. The van der Waals surface area contributed by atoms with Crippen molar-refractivity contribution in [3.05, 3.63) is 106 Å². The molecule has 3 aromatic rings. The number of likely N-dealkylation sites (N-methyl/N-ethyl adjacent to an activating group) is 1. The monoisotopic (exact) mass is 498 g/mol. The maximum Gasteiger partial charge on any atom is 0.295 e. The first-order chi connectivity index (χ1) is 17.8. The van der Waals surface area contributed by atoms with Gasteiger partial charge in [0, 0.05) is 5.57 Å². The van der Waals surface area contributed by atoms with E-state index < -0.39 is 23.5 Å². The average molecular weight is 499 g/mol. The molecule has 6 nitrogen and oxygen atoms in total. The quantitative estimate of drug-likeness (QED) is 0.280. The molecular weight excluding hydrogens is 464 g/mol. The Hall–Kier alpha value is -3.90. The molecular formula is C31H34N2O4. The van der Waals surface area contributed by atoms with Crippen molar-refractivity contribution in [3.8, 4) is 5.75 Å². The van der Waals surface area contributed by atoms with Gasteiger partial charge < -0.3 is 19.6 Å². The highest BCUT2D eigenvalue weighted by Gasteiger charge is 2.44. The lowest BCUT2D eigenvalue weighted by Crippen LogP contribution is -3.06. The molecule has 0 bridgehead atoms. The molecule has 0 spiro atoms. The first-order valence-corrected chi connectivity index (χ1v) is 12.7. The van der Waals surface area contributed by atoms with Gasteiger partial charge in [0.25, 0.3) is 5.91 Å². The van der Waals surface area contributed by atoms with E-state index in [9.17, 15) is 14.7 Å². The molecule has 0 aromatic heterocycles. The van der Waals surface area contributed by atoms with Crippen molar-refractivity contribution >= 4 is 17.4 Å². The fourth-order valence-corrected chi connectivity index (χ4v) is 4.57. The Labute approximate surface area is 218 Å². The number of benzene rings is 3. The van der Waals surface area contributed by atoms with Crippen LogP contribution in [0, 0.1) is 6.92 Å². The van der Waals surface area contributed by atoms with Crippen molar-refractivity contribution in [2.75, 3.05) is 27.2 Å². The number of ketones is 1. The maximum atomic E-state index is 13.8. The number of rotatable bonds is 9. The van der Waals surface area contributed by atoms with Gasteiger partial charge in [-0.3, -0.25) is 9.59 Å². The molecule has 1 unspecified atom stereocenters. The molecule has 3 aromatic carbocycles. The molecule has 1 atom stereocenters. The zero-order valence-electron chi connectivity index (χ0n) is 21.9. The van der Waals surface area contributed by atoms with E-state index in [0.29, 0.717) is 31.0 Å². The molecule has 1 heterocycles. The van der Waals surface area contributed by atoms with Gasteiger partial charge in [0.05, 0.1) is 33.2 Å². The molecule has 1 amide bonds. The number of ether oxygens (including phenoxy) is 1. The Bertz CT molecular complexity index is 1300. The Morgan fingerprint density at radius 3 is 2.30 bits per heavy atom. The minimum absolute atomic E-state index is 0.0142. The Morgan fingerprint density at radius 1 is 0.973 bits per heavy atom. The SMILES string of the molecule is CCc1ccc(C2/C(=C(\[O-])c3ccc(OCc4ccccc4)c(C)c3)C(=O)C(=O)N2CC[NH+](C)C)cc1. The number of hydrogen-bond acceptors (Lipinski definition) is 4. The molecule has 0 radical (unpaired) electrons. The van der Waals surface area contributed by atoms with Gasteiger partial charge in [-0.25, -0.2) is 0 Å². The highest BCUT2D eigenvalue weighted by Crippen LogP contribution is 2.39. The number of quaternary nitrogens is 1. The molecule has 0 saturated carbocycles. The fraction of sp³-hybridized carbons (Fsp3) is 0.290. The van der Waals surface area contributed by atoms with Crippen LogP contribution >= 0.6 is 0 Å². The second-order valence-electron chi connectivity index (χ2n) is 9.78. The molecule has 6 heteroatoms. The maximum absolute atomic E-state index is 13.8. The number of likely N-dealkylation sites (tertiary alicyclic amines) is 1. The smallest absolute Gasteiger partial charge is 0.295 e. The number of hydrogen-bond donors (Lipinski definition) is 1. The molecule has 192 valence electrons. The highest BCUT2D eigenvalue weighted by atomic mass is 16.5. The van der Waals surface area contributed by atoms with Gasteiger partial charge in [-0.15, -0.1) is 0 Å². The predicted molar refractivity (Wildman–Crippen MR) is 142 cm³/mol. The first kappa shape index (κ1) is 26.2. The van der Waals surface area contributed by atoms with Gasteiger partial charge in [0.15, 0.2) is 0 Å². The van der Waals surface area contributed by atoms with Crippen LogP contribution in [-0.4, -0.2) is 43.8 Å². The average Bonchev–Trinajstić information content (AvgIpc) is 3.16. The third kappa shape index (κ3) is 5.75. The van der Waals surface area contributed by atoms with Crippen LogP contribution in [0.15, 0.2) is 78.4 Å². The van der Waals surface area contributed by atoms with Crippen molar-refractivity contribution in [1.82, 2.24) is 4.90 Å². The lowest BCUT2D eigenvalue weighted by atomic mass is 9.94. The number of nitrogens with one attached hydrogen (secondary N) is 1.